The van der Waals surface area contributed by atoms with E-state index in [4.69, 9.17) is 11.6 Å². The number of H-pyrrole nitrogens is 1. The number of nitrogens with one attached hydrogen (secondary N) is 2. The molecule has 1 aliphatic heterocycles. The van der Waals surface area contributed by atoms with E-state index in [1.54, 1.807) is 0 Å². The Bertz CT molecular complexity index is 474. The Morgan fingerprint density at radius 3 is 3.11 bits per heavy atom. The molecular weight excluding hydrogens is 264 g/mol. The number of anilines is 1. The summed E-state index contributed by atoms with van der Waals surface area (Å²) in [5.41, 5.74) is -0.271. The maximum absolute atomic E-state index is 11.6. The van der Waals surface area contributed by atoms with Crippen LogP contribution in [0.1, 0.15) is 33.1 Å². The molecule has 2 rings (SSSR count). The van der Waals surface area contributed by atoms with Gasteiger partial charge in [0.05, 0.1) is 6.33 Å². The lowest BCUT2D eigenvalue weighted by Crippen LogP contribution is -2.47. The SMILES string of the molecule is CC(C)NCC1CCCCN1c1nc[nH]c(=O)c1Cl. The highest BCUT2D eigenvalue weighted by Gasteiger charge is 2.25. The van der Waals surface area contributed by atoms with Crippen molar-refractivity contribution < 1.29 is 0 Å². The first-order chi connectivity index (χ1) is 9.09. The number of aromatic amines is 1. The number of piperidine rings is 1. The molecule has 1 aromatic heterocycles. The smallest absolute Gasteiger partial charge is 0.271 e. The highest BCUT2D eigenvalue weighted by molar-refractivity contribution is 6.32. The van der Waals surface area contributed by atoms with Crippen LogP contribution in [-0.4, -0.2) is 35.1 Å². The van der Waals surface area contributed by atoms with Crippen LogP contribution in [0, 0.1) is 0 Å². The van der Waals surface area contributed by atoms with Gasteiger partial charge in [-0.2, -0.15) is 0 Å². The maximum Gasteiger partial charge on any atom is 0.271 e. The van der Waals surface area contributed by atoms with Gasteiger partial charge in [0.2, 0.25) is 0 Å². The summed E-state index contributed by atoms with van der Waals surface area (Å²) >= 11 is 6.09. The Morgan fingerprint density at radius 1 is 1.58 bits per heavy atom. The highest BCUT2D eigenvalue weighted by atomic mass is 35.5. The highest BCUT2D eigenvalue weighted by Crippen LogP contribution is 2.26. The molecule has 1 atom stereocenters. The van der Waals surface area contributed by atoms with Crippen LogP contribution in [0.15, 0.2) is 11.1 Å². The summed E-state index contributed by atoms with van der Waals surface area (Å²) in [7, 11) is 0. The fraction of sp³-hybridized carbons (Fsp3) is 0.692. The number of hydrogen-bond donors (Lipinski definition) is 2. The van der Waals surface area contributed by atoms with Crippen LogP contribution in [-0.2, 0) is 0 Å². The number of halogens is 1. The summed E-state index contributed by atoms with van der Waals surface area (Å²) in [6.07, 6.45) is 4.85. The van der Waals surface area contributed by atoms with Gasteiger partial charge < -0.3 is 15.2 Å². The van der Waals surface area contributed by atoms with Gasteiger partial charge in [-0.25, -0.2) is 4.98 Å². The number of hydrogen-bond acceptors (Lipinski definition) is 4. The molecule has 1 saturated heterocycles. The van der Waals surface area contributed by atoms with Crippen molar-refractivity contribution in [3.05, 3.63) is 21.7 Å². The molecule has 0 radical (unpaired) electrons. The second kappa shape index (κ2) is 6.39. The Labute approximate surface area is 118 Å². The molecule has 0 spiro atoms. The van der Waals surface area contributed by atoms with E-state index >= 15 is 0 Å². The first kappa shape index (κ1) is 14.3. The summed E-state index contributed by atoms with van der Waals surface area (Å²) in [6.45, 7) is 6.06. The van der Waals surface area contributed by atoms with Gasteiger partial charge in [-0.3, -0.25) is 4.79 Å². The quantitative estimate of drug-likeness (QED) is 0.885. The van der Waals surface area contributed by atoms with E-state index in [9.17, 15) is 4.79 Å². The van der Waals surface area contributed by atoms with Crippen molar-refractivity contribution in [3.63, 3.8) is 0 Å². The third-order valence-electron chi connectivity index (χ3n) is 3.44. The Hall–Kier alpha value is -1.07. The average molecular weight is 285 g/mol. The molecule has 0 saturated carbocycles. The van der Waals surface area contributed by atoms with Gasteiger partial charge in [-0.05, 0) is 19.3 Å². The van der Waals surface area contributed by atoms with Crippen molar-refractivity contribution in [1.82, 2.24) is 15.3 Å². The predicted molar refractivity (Wildman–Crippen MR) is 78.0 cm³/mol. The molecule has 0 aromatic carbocycles. The summed E-state index contributed by atoms with van der Waals surface area (Å²) < 4.78 is 0. The lowest BCUT2D eigenvalue weighted by Gasteiger charge is -2.37. The first-order valence-electron chi connectivity index (χ1n) is 6.83. The predicted octanol–water partition coefficient (Wildman–Crippen LogP) is 1.78. The van der Waals surface area contributed by atoms with Gasteiger partial charge in [0, 0.05) is 25.2 Å². The van der Waals surface area contributed by atoms with Crippen LogP contribution in [0.4, 0.5) is 5.82 Å². The average Bonchev–Trinajstić information content (AvgIpc) is 2.40. The maximum atomic E-state index is 11.6. The standard InChI is InChI=1S/C13H21ClN4O/c1-9(2)15-7-10-5-3-4-6-18(10)12-11(14)13(19)17-8-16-12/h8-10,15H,3-7H2,1-2H3,(H,16,17,19). The third kappa shape index (κ3) is 3.48. The van der Waals surface area contributed by atoms with Crippen LogP contribution < -0.4 is 15.8 Å². The van der Waals surface area contributed by atoms with E-state index in [1.807, 2.05) is 0 Å². The summed E-state index contributed by atoms with van der Waals surface area (Å²) in [4.78, 5) is 20.5. The summed E-state index contributed by atoms with van der Waals surface area (Å²) in [5.74, 6) is 0.612. The molecule has 6 heteroatoms. The molecule has 19 heavy (non-hydrogen) atoms. The molecule has 106 valence electrons. The first-order valence-corrected chi connectivity index (χ1v) is 7.20. The third-order valence-corrected chi connectivity index (χ3v) is 3.78. The van der Waals surface area contributed by atoms with Crippen LogP contribution >= 0.6 is 11.6 Å². The van der Waals surface area contributed by atoms with E-state index in [2.05, 4.69) is 34.0 Å². The topological polar surface area (TPSA) is 61.0 Å². The van der Waals surface area contributed by atoms with Crippen LogP contribution in [0.2, 0.25) is 5.02 Å². The fourth-order valence-corrected chi connectivity index (χ4v) is 2.65. The van der Waals surface area contributed by atoms with E-state index in [0.717, 1.165) is 25.9 Å². The second-order valence-electron chi connectivity index (χ2n) is 5.28. The molecule has 0 bridgehead atoms. The second-order valence-corrected chi connectivity index (χ2v) is 5.65. The molecular formula is C13H21ClN4O. The van der Waals surface area contributed by atoms with Crippen molar-refractivity contribution >= 4 is 17.4 Å². The van der Waals surface area contributed by atoms with Crippen molar-refractivity contribution in [2.75, 3.05) is 18.0 Å². The van der Waals surface area contributed by atoms with E-state index < -0.39 is 0 Å². The fourth-order valence-electron chi connectivity index (χ4n) is 2.44. The van der Waals surface area contributed by atoms with Gasteiger partial charge >= 0.3 is 0 Å². The molecule has 1 aromatic rings. The van der Waals surface area contributed by atoms with Crippen molar-refractivity contribution in [2.45, 2.75) is 45.2 Å². The van der Waals surface area contributed by atoms with Crippen LogP contribution in [0.3, 0.4) is 0 Å². The zero-order valence-electron chi connectivity index (χ0n) is 11.4. The Kier molecular flexibility index (Phi) is 4.82. The minimum atomic E-state index is -0.271. The molecule has 1 fully saturated rings. The molecule has 2 heterocycles. The number of aromatic nitrogens is 2. The Balaban J connectivity index is 2.19. The van der Waals surface area contributed by atoms with Gasteiger partial charge in [0.25, 0.3) is 5.56 Å². The van der Waals surface area contributed by atoms with Crippen LogP contribution in [0.5, 0.6) is 0 Å². The lowest BCUT2D eigenvalue weighted by molar-refractivity contribution is 0.418. The van der Waals surface area contributed by atoms with Gasteiger partial charge in [-0.1, -0.05) is 25.4 Å². The minimum Gasteiger partial charge on any atom is -0.351 e. The van der Waals surface area contributed by atoms with Crippen molar-refractivity contribution in [2.24, 2.45) is 0 Å². The lowest BCUT2D eigenvalue weighted by atomic mass is 10.0. The van der Waals surface area contributed by atoms with E-state index in [0.29, 0.717) is 17.9 Å². The van der Waals surface area contributed by atoms with E-state index in [1.165, 1.54) is 12.7 Å². The van der Waals surface area contributed by atoms with Crippen LogP contribution in [0.25, 0.3) is 0 Å². The van der Waals surface area contributed by atoms with E-state index in [-0.39, 0.29) is 10.6 Å². The summed E-state index contributed by atoms with van der Waals surface area (Å²) in [5, 5.41) is 3.64. The van der Waals surface area contributed by atoms with Gasteiger partial charge in [0.15, 0.2) is 5.82 Å². The van der Waals surface area contributed by atoms with Gasteiger partial charge in [0.1, 0.15) is 5.02 Å². The summed E-state index contributed by atoms with van der Waals surface area (Å²) in [6, 6.07) is 0.800. The Morgan fingerprint density at radius 2 is 2.37 bits per heavy atom. The molecule has 2 N–H and O–H groups in total. The number of rotatable bonds is 4. The zero-order valence-corrected chi connectivity index (χ0v) is 12.2. The molecule has 1 unspecified atom stereocenters. The molecule has 5 nitrogen and oxygen atoms in total. The zero-order chi connectivity index (χ0) is 13.8. The monoisotopic (exact) mass is 284 g/mol. The molecule has 1 aliphatic rings. The van der Waals surface area contributed by atoms with Crippen molar-refractivity contribution in [3.8, 4) is 0 Å². The minimum absolute atomic E-state index is 0.193. The van der Waals surface area contributed by atoms with Gasteiger partial charge in [-0.15, -0.1) is 0 Å². The molecule has 0 aliphatic carbocycles. The molecule has 0 amide bonds. The normalized spacial score (nSPS) is 20.0. The van der Waals surface area contributed by atoms with Crippen molar-refractivity contribution in [1.29, 1.82) is 0 Å². The number of nitrogens with zero attached hydrogens (tertiary/aromatic N) is 2. The largest absolute Gasteiger partial charge is 0.351 e.